The summed E-state index contributed by atoms with van der Waals surface area (Å²) in [6, 6.07) is 11.5. The van der Waals surface area contributed by atoms with E-state index in [-0.39, 0.29) is 17.2 Å². The van der Waals surface area contributed by atoms with Crippen molar-refractivity contribution in [2.75, 3.05) is 11.9 Å². The van der Waals surface area contributed by atoms with E-state index in [0.717, 1.165) is 16.9 Å². The van der Waals surface area contributed by atoms with E-state index in [2.05, 4.69) is 33.0 Å². The first-order valence-electron chi connectivity index (χ1n) is 9.54. The lowest BCUT2D eigenvalue weighted by atomic mass is 9.85. The minimum absolute atomic E-state index is 0.176. The fourth-order valence-corrected chi connectivity index (χ4v) is 4.12. The van der Waals surface area contributed by atoms with Crippen LogP contribution in [-0.2, 0) is 9.53 Å². The summed E-state index contributed by atoms with van der Waals surface area (Å²) in [6.45, 7) is 10.8. The highest BCUT2D eigenvalue weighted by Crippen LogP contribution is 2.38. The van der Waals surface area contributed by atoms with Crippen LogP contribution in [0.4, 0.5) is 5.00 Å². The number of rotatable bonds is 7. The molecule has 1 N–H and O–H groups in total. The minimum Gasteiger partial charge on any atom is -0.462 e. The number of carbonyl (C=O) groups is 2. The number of thiophene rings is 1. The van der Waals surface area contributed by atoms with Crippen LogP contribution in [0.3, 0.4) is 0 Å². The molecule has 0 aliphatic rings. The van der Waals surface area contributed by atoms with Crippen molar-refractivity contribution < 1.29 is 14.3 Å². The number of ether oxygens (including phenoxy) is 1. The van der Waals surface area contributed by atoms with Gasteiger partial charge in [-0.15, -0.1) is 11.3 Å². The van der Waals surface area contributed by atoms with E-state index in [4.69, 9.17) is 4.74 Å². The van der Waals surface area contributed by atoms with Crippen molar-refractivity contribution in [1.82, 2.24) is 0 Å². The van der Waals surface area contributed by atoms with E-state index < -0.39 is 5.97 Å². The molecule has 1 heterocycles. The predicted molar refractivity (Wildman–Crippen MR) is 117 cm³/mol. The topological polar surface area (TPSA) is 55.4 Å². The average Bonchev–Trinajstić information content (AvgIpc) is 3.04. The Morgan fingerprint density at radius 1 is 1.21 bits per heavy atom. The van der Waals surface area contributed by atoms with Gasteiger partial charge in [0.05, 0.1) is 12.2 Å². The van der Waals surface area contributed by atoms with E-state index >= 15 is 0 Å². The second kappa shape index (κ2) is 9.69. The van der Waals surface area contributed by atoms with Gasteiger partial charge >= 0.3 is 5.97 Å². The Hall–Kier alpha value is -2.40. The first kappa shape index (κ1) is 21.9. The van der Waals surface area contributed by atoms with Crippen molar-refractivity contribution >= 4 is 34.3 Å². The second-order valence-corrected chi connectivity index (χ2v) is 9.09. The zero-order valence-corrected chi connectivity index (χ0v) is 18.1. The van der Waals surface area contributed by atoms with Gasteiger partial charge in [0.15, 0.2) is 0 Å². The number of hydrogen-bond acceptors (Lipinski definition) is 4. The smallest absolute Gasteiger partial charge is 0.341 e. The van der Waals surface area contributed by atoms with Gasteiger partial charge in [0.2, 0.25) is 5.91 Å². The summed E-state index contributed by atoms with van der Waals surface area (Å²) < 4.78 is 5.17. The number of amides is 1. The van der Waals surface area contributed by atoms with Crippen LogP contribution in [0.2, 0.25) is 0 Å². The maximum absolute atomic E-state index is 12.4. The molecule has 0 aliphatic carbocycles. The highest BCUT2D eigenvalue weighted by atomic mass is 32.1. The van der Waals surface area contributed by atoms with Crippen LogP contribution < -0.4 is 5.32 Å². The first-order valence-corrected chi connectivity index (χ1v) is 10.4. The third kappa shape index (κ3) is 6.64. The summed E-state index contributed by atoms with van der Waals surface area (Å²) >= 11 is 1.45. The Morgan fingerprint density at radius 3 is 2.50 bits per heavy atom. The van der Waals surface area contributed by atoms with E-state index in [0.29, 0.717) is 17.2 Å². The monoisotopic (exact) mass is 399 g/mol. The quantitative estimate of drug-likeness (QED) is 0.451. The molecule has 1 unspecified atom stereocenters. The fraction of sp³-hybridized carbons (Fsp3) is 0.391. The number of anilines is 1. The van der Waals surface area contributed by atoms with Gasteiger partial charge in [-0.05, 0) is 42.4 Å². The van der Waals surface area contributed by atoms with E-state index in [1.54, 1.807) is 13.0 Å². The summed E-state index contributed by atoms with van der Waals surface area (Å²) in [5, 5.41) is 3.39. The van der Waals surface area contributed by atoms with Gasteiger partial charge in [0.1, 0.15) is 5.00 Å². The largest absolute Gasteiger partial charge is 0.462 e. The molecule has 150 valence electrons. The normalized spacial score (nSPS) is 12.8. The van der Waals surface area contributed by atoms with Crippen LogP contribution >= 0.6 is 11.3 Å². The van der Waals surface area contributed by atoms with Gasteiger partial charge in [-0.25, -0.2) is 4.79 Å². The van der Waals surface area contributed by atoms with Gasteiger partial charge in [-0.2, -0.15) is 0 Å². The summed E-state index contributed by atoms with van der Waals surface area (Å²) in [6.07, 6.45) is 4.20. The highest BCUT2D eigenvalue weighted by Gasteiger charge is 2.23. The molecule has 0 bridgehead atoms. The van der Waals surface area contributed by atoms with Crippen LogP contribution in [0.15, 0.2) is 42.5 Å². The van der Waals surface area contributed by atoms with Crippen LogP contribution in [0.5, 0.6) is 0 Å². The first-order chi connectivity index (χ1) is 13.2. The van der Waals surface area contributed by atoms with Crippen molar-refractivity contribution in [1.29, 1.82) is 0 Å². The van der Waals surface area contributed by atoms with E-state index in [1.165, 1.54) is 17.4 Å². The predicted octanol–water partition coefficient (Wildman–Crippen LogP) is 6.12. The van der Waals surface area contributed by atoms with Gasteiger partial charge in [-0.3, -0.25) is 4.79 Å². The van der Waals surface area contributed by atoms with Gasteiger partial charge < -0.3 is 10.1 Å². The molecule has 1 atom stereocenters. The molecule has 0 saturated carbocycles. The molecule has 0 radical (unpaired) electrons. The lowest BCUT2D eigenvalue weighted by Crippen LogP contribution is -2.11. The lowest BCUT2D eigenvalue weighted by Gasteiger charge is -2.22. The fourth-order valence-electron chi connectivity index (χ4n) is 3.02. The molecule has 0 fully saturated rings. The Kier molecular flexibility index (Phi) is 7.58. The van der Waals surface area contributed by atoms with Crippen LogP contribution in [0, 0.1) is 5.41 Å². The summed E-state index contributed by atoms with van der Waals surface area (Å²) in [4.78, 5) is 25.8. The molecule has 4 nitrogen and oxygen atoms in total. The van der Waals surface area contributed by atoms with Crippen molar-refractivity contribution in [2.45, 2.75) is 47.0 Å². The number of esters is 1. The molecule has 1 amide bonds. The van der Waals surface area contributed by atoms with Crippen molar-refractivity contribution in [2.24, 2.45) is 5.41 Å². The maximum Gasteiger partial charge on any atom is 0.341 e. The van der Waals surface area contributed by atoms with E-state index in [1.807, 2.05) is 36.4 Å². The van der Waals surface area contributed by atoms with E-state index in [9.17, 15) is 9.59 Å². The molecule has 1 aromatic heterocycles. The van der Waals surface area contributed by atoms with Gasteiger partial charge in [-0.1, -0.05) is 58.0 Å². The number of carbonyl (C=O) groups excluding carboxylic acids is 2. The molecule has 1 aromatic carbocycles. The second-order valence-electron chi connectivity index (χ2n) is 8.01. The molecule has 5 heteroatoms. The van der Waals surface area contributed by atoms with Gasteiger partial charge in [0.25, 0.3) is 0 Å². The molecular weight excluding hydrogens is 370 g/mol. The number of nitrogens with one attached hydrogen (secondary N) is 1. The van der Waals surface area contributed by atoms with Crippen LogP contribution in [0.1, 0.15) is 67.8 Å². The van der Waals surface area contributed by atoms with Crippen molar-refractivity contribution in [3.63, 3.8) is 0 Å². The third-order valence-corrected chi connectivity index (χ3v) is 5.40. The Morgan fingerprint density at radius 2 is 1.89 bits per heavy atom. The minimum atomic E-state index is -0.407. The summed E-state index contributed by atoms with van der Waals surface area (Å²) in [5.41, 5.74) is 1.54. The Labute approximate surface area is 171 Å². The SMILES string of the molecule is CCOC(=O)c1cc(C(C)CC(C)(C)C)sc1NC(=O)C=Cc1ccccc1. The molecule has 0 aliphatic heterocycles. The Balaban J connectivity index is 2.21. The lowest BCUT2D eigenvalue weighted by molar-refractivity contribution is -0.111. The average molecular weight is 400 g/mol. The zero-order valence-electron chi connectivity index (χ0n) is 17.2. The summed E-state index contributed by atoms with van der Waals surface area (Å²) in [5.74, 6) is -0.398. The van der Waals surface area contributed by atoms with Gasteiger partial charge in [0, 0.05) is 11.0 Å². The van der Waals surface area contributed by atoms with Crippen molar-refractivity contribution in [3.8, 4) is 0 Å². The maximum atomic E-state index is 12.4. The Bertz CT molecular complexity index is 831. The molecule has 2 rings (SSSR count). The zero-order chi connectivity index (χ0) is 20.7. The van der Waals surface area contributed by atoms with Crippen LogP contribution in [-0.4, -0.2) is 18.5 Å². The molecule has 0 saturated heterocycles. The summed E-state index contributed by atoms with van der Waals surface area (Å²) in [7, 11) is 0. The number of hydrogen-bond donors (Lipinski definition) is 1. The molecule has 0 spiro atoms. The third-order valence-electron chi connectivity index (χ3n) is 4.11. The number of benzene rings is 1. The highest BCUT2D eigenvalue weighted by molar-refractivity contribution is 7.16. The van der Waals surface area contributed by atoms with Crippen LogP contribution in [0.25, 0.3) is 6.08 Å². The molecular formula is C23H29NO3S. The molecule has 2 aromatic rings. The van der Waals surface area contributed by atoms with Crippen molar-refractivity contribution in [3.05, 3.63) is 58.5 Å². The standard InChI is InChI=1S/C23H29NO3S/c1-6-27-22(26)18-14-19(16(2)15-23(3,4)5)28-21(18)24-20(25)13-12-17-10-8-7-9-11-17/h7-14,16H,6,15H2,1-5H3,(H,24,25). The molecule has 28 heavy (non-hydrogen) atoms.